The van der Waals surface area contributed by atoms with Crippen LogP contribution in [0.1, 0.15) is 35.2 Å². The maximum Gasteiger partial charge on any atom is 0.255 e. The van der Waals surface area contributed by atoms with Crippen molar-refractivity contribution in [2.24, 2.45) is 0 Å². The molecule has 0 spiro atoms. The molecule has 6 nitrogen and oxygen atoms in total. The summed E-state index contributed by atoms with van der Waals surface area (Å²) in [5, 5.41) is 2.90. The molecule has 0 radical (unpaired) electrons. The fourth-order valence-electron chi connectivity index (χ4n) is 3.15. The van der Waals surface area contributed by atoms with Crippen LogP contribution in [0.15, 0.2) is 46.9 Å². The van der Waals surface area contributed by atoms with Crippen molar-refractivity contribution in [3.63, 3.8) is 0 Å². The lowest BCUT2D eigenvalue weighted by molar-refractivity contribution is -0.128. The van der Waals surface area contributed by atoms with Crippen LogP contribution >= 0.6 is 15.9 Å². The molecule has 1 N–H and O–H groups in total. The monoisotopic (exact) mass is 474 g/mol. The Morgan fingerprint density at radius 1 is 1.20 bits per heavy atom. The molecule has 1 aliphatic heterocycles. The standard InChI is InChI=1S/C23H27BrN2O4/c1-26(2)22(27)12-7-16-5-9-18(10-6-16)25-23(28)17-8-11-21(20(24)14-17)30-15-19-4-3-13-29-19/h5-6,8-11,14,19H,3-4,7,12-13,15H2,1-2H3,(H,25,28). The first-order valence-corrected chi connectivity index (χ1v) is 10.9. The van der Waals surface area contributed by atoms with Gasteiger partial charge in [0.25, 0.3) is 5.91 Å². The molecule has 3 rings (SSSR count). The third kappa shape index (κ3) is 6.31. The van der Waals surface area contributed by atoms with Gasteiger partial charge < -0.3 is 19.7 Å². The molecule has 2 aromatic carbocycles. The molecule has 7 heteroatoms. The molecule has 0 aromatic heterocycles. The third-order valence-corrected chi connectivity index (χ3v) is 5.60. The fourth-order valence-corrected chi connectivity index (χ4v) is 3.64. The second-order valence-corrected chi connectivity index (χ2v) is 8.38. The fraction of sp³-hybridized carbons (Fsp3) is 0.391. The molecule has 1 unspecified atom stereocenters. The van der Waals surface area contributed by atoms with Crippen molar-refractivity contribution >= 4 is 33.4 Å². The summed E-state index contributed by atoms with van der Waals surface area (Å²) in [5.74, 6) is 0.594. The lowest BCUT2D eigenvalue weighted by atomic mass is 10.1. The smallest absolute Gasteiger partial charge is 0.255 e. The zero-order valence-electron chi connectivity index (χ0n) is 17.3. The van der Waals surface area contributed by atoms with E-state index in [1.165, 1.54) is 0 Å². The van der Waals surface area contributed by atoms with Crippen LogP contribution in [-0.4, -0.2) is 50.1 Å². The molecule has 30 heavy (non-hydrogen) atoms. The maximum absolute atomic E-state index is 12.6. The van der Waals surface area contributed by atoms with E-state index in [4.69, 9.17) is 9.47 Å². The lowest BCUT2D eigenvalue weighted by Crippen LogP contribution is -2.21. The number of carbonyl (C=O) groups is 2. The predicted molar refractivity (Wildman–Crippen MR) is 120 cm³/mol. The van der Waals surface area contributed by atoms with Gasteiger partial charge in [0, 0.05) is 38.4 Å². The number of benzene rings is 2. The van der Waals surface area contributed by atoms with E-state index in [2.05, 4.69) is 21.2 Å². The van der Waals surface area contributed by atoms with Crippen LogP contribution in [0.2, 0.25) is 0 Å². The van der Waals surface area contributed by atoms with Gasteiger partial charge in [0.2, 0.25) is 5.91 Å². The molecule has 1 fully saturated rings. The van der Waals surface area contributed by atoms with E-state index >= 15 is 0 Å². The lowest BCUT2D eigenvalue weighted by Gasteiger charge is -2.13. The SMILES string of the molecule is CN(C)C(=O)CCc1ccc(NC(=O)c2ccc(OCC3CCCO3)c(Br)c2)cc1. The number of ether oxygens (including phenoxy) is 2. The topological polar surface area (TPSA) is 67.9 Å². The van der Waals surface area contributed by atoms with E-state index in [1.807, 2.05) is 24.3 Å². The van der Waals surface area contributed by atoms with E-state index in [1.54, 1.807) is 37.2 Å². The van der Waals surface area contributed by atoms with Crippen LogP contribution < -0.4 is 10.1 Å². The second-order valence-electron chi connectivity index (χ2n) is 7.53. The molecule has 2 amide bonds. The van der Waals surface area contributed by atoms with E-state index in [-0.39, 0.29) is 17.9 Å². The van der Waals surface area contributed by atoms with Gasteiger partial charge in [-0.15, -0.1) is 0 Å². The van der Waals surface area contributed by atoms with Crippen molar-refractivity contribution in [3.05, 3.63) is 58.1 Å². The molecule has 0 saturated carbocycles. The van der Waals surface area contributed by atoms with Crippen molar-refractivity contribution < 1.29 is 19.1 Å². The minimum absolute atomic E-state index is 0.0983. The second kappa shape index (κ2) is 10.6. The van der Waals surface area contributed by atoms with Gasteiger partial charge in [-0.05, 0) is 71.1 Å². The molecule has 2 aromatic rings. The summed E-state index contributed by atoms with van der Waals surface area (Å²) in [6.07, 6.45) is 3.37. The first-order valence-electron chi connectivity index (χ1n) is 10.1. The number of carbonyl (C=O) groups excluding carboxylic acids is 2. The Hall–Kier alpha value is -2.38. The molecule has 1 aliphatic rings. The van der Waals surface area contributed by atoms with Crippen LogP contribution in [0.3, 0.4) is 0 Å². The number of halogens is 1. The van der Waals surface area contributed by atoms with Gasteiger partial charge in [-0.1, -0.05) is 12.1 Å². The molecular weight excluding hydrogens is 448 g/mol. The van der Waals surface area contributed by atoms with Crippen molar-refractivity contribution in [3.8, 4) is 5.75 Å². The van der Waals surface area contributed by atoms with Crippen LogP contribution in [0.25, 0.3) is 0 Å². The van der Waals surface area contributed by atoms with Gasteiger partial charge in [0.1, 0.15) is 12.4 Å². The molecule has 0 aliphatic carbocycles. The molecule has 1 atom stereocenters. The first-order chi connectivity index (χ1) is 14.4. The highest BCUT2D eigenvalue weighted by molar-refractivity contribution is 9.10. The number of aryl methyl sites for hydroxylation is 1. The van der Waals surface area contributed by atoms with E-state index in [9.17, 15) is 9.59 Å². The van der Waals surface area contributed by atoms with Crippen molar-refractivity contribution in [2.75, 3.05) is 32.6 Å². The average molecular weight is 475 g/mol. The maximum atomic E-state index is 12.6. The number of hydrogen-bond acceptors (Lipinski definition) is 4. The molecule has 0 bridgehead atoms. The van der Waals surface area contributed by atoms with Crippen molar-refractivity contribution in [1.29, 1.82) is 0 Å². The van der Waals surface area contributed by atoms with Gasteiger partial charge >= 0.3 is 0 Å². The quantitative estimate of drug-likeness (QED) is 0.619. The first kappa shape index (κ1) is 22.3. The highest BCUT2D eigenvalue weighted by Crippen LogP contribution is 2.27. The molecule has 1 saturated heterocycles. The van der Waals surface area contributed by atoms with Crippen molar-refractivity contribution in [1.82, 2.24) is 4.90 Å². The summed E-state index contributed by atoms with van der Waals surface area (Å²) in [6.45, 7) is 1.31. The number of hydrogen-bond donors (Lipinski definition) is 1. The van der Waals surface area contributed by atoms with Gasteiger partial charge in [-0.25, -0.2) is 0 Å². The van der Waals surface area contributed by atoms with E-state index in [0.29, 0.717) is 36.4 Å². The largest absolute Gasteiger partial charge is 0.490 e. The summed E-state index contributed by atoms with van der Waals surface area (Å²) in [6, 6.07) is 12.8. The Kier molecular flexibility index (Phi) is 7.87. The summed E-state index contributed by atoms with van der Waals surface area (Å²) in [7, 11) is 3.50. The number of amides is 2. The normalized spacial score (nSPS) is 15.6. The zero-order valence-corrected chi connectivity index (χ0v) is 18.9. The number of nitrogens with zero attached hydrogens (tertiary/aromatic N) is 1. The Balaban J connectivity index is 1.53. The van der Waals surface area contributed by atoms with Crippen LogP contribution in [0, 0.1) is 0 Å². The molecule has 160 valence electrons. The van der Waals surface area contributed by atoms with Crippen molar-refractivity contribution in [2.45, 2.75) is 31.8 Å². The number of nitrogens with one attached hydrogen (secondary N) is 1. The molecular formula is C23H27BrN2O4. The van der Waals surface area contributed by atoms with Gasteiger partial charge in [-0.3, -0.25) is 9.59 Å². The molecule has 1 heterocycles. The van der Waals surface area contributed by atoms with Gasteiger partial charge in [0.05, 0.1) is 10.6 Å². The van der Waals surface area contributed by atoms with E-state index in [0.717, 1.165) is 29.5 Å². The van der Waals surface area contributed by atoms with Crippen LogP contribution in [0.5, 0.6) is 5.75 Å². The van der Waals surface area contributed by atoms with Crippen LogP contribution in [-0.2, 0) is 16.0 Å². The minimum Gasteiger partial charge on any atom is -0.490 e. The van der Waals surface area contributed by atoms with Gasteiger partial charge in [0.15, 0.2) is 0 Å². The van der Waals surface area contributed by atoms with E-state index < -0.39 is 0 Å². The Morgan fingerprint density at radius 3 is 2.60 bits per heavy atom. The highest BCUT2D eigenvalue weighted by atomic mass is 79.9. The summed E-state index contributed by atoms with van der Waals surface area (Å²) in [4.78, 5) is 25.9. The Labute approximate surface area is 185 Å². The summed E-state index contributed by atoms with van der Waals surface area (Å²) >= 11 is 3.48. The number of anilines is 1. The Bertz CT molecular complexity index is 877. The average Bonchev–Trinajstić information content (AvgIpc) is 3.25. The zero-order chi connectivity index (χ0) is 21.5. The summed E-state index contributed by atoms with van der Waals surface area (Å²) < 4.78 is 12.1. The number of rotatable bonds is 8. The summed E-state index contributed by atoms with van der Waals surface area (Å²) in [5.41, 5.74) is 2.29. The van der Waals surface area contributed by atoms with Gasteiger partial charge in [-0.2, -0.15) is 0 Å². The predicted octanol–water partition coefficient (Wildman–Crippen LogP) is 4.28. The van der Waals surface area contributed by atoms with Crippen LogP contribution in [0.4, 0.5) is 5.69 Å². The minimum atomic E-state index is -0.197. The third-order valence-electron chi connectivity index (χ3n) is 4.98. The Morgan fingerprint density at radius 2 is 1.97 bits per heavy atom. The highest BCUT2D eigenvalue weighted by Gasteiger charge is 2.17.